The lowest BCUT2D eigenvalue weighted by atomic mass is 9.94. The molecule has 0 atom stereocenters. The monoisotopic (exact) mass is 340 g/mol. The number of amides is 1. The summed E-state index contributed by atoms with van der Waals surface area (Å²) in [5.41, 5.74) is 6.07. The van der Waals surface area contributed by atoms with Crippen LogP contribution >= 0.6 is 15.9 Å². The Morgan fingerprint density at radius 2 is 2.00 bits per heavy atom. The second kappa shape index (κ2) is 5.93. The van der Waals surface area contributed by atoms with Crippen LogP contribution < -0.4 is 11.1 Å². The molecule has 0 saturated heterocycles. The molecule has 0 bridgehead atoms. The Morgan fingerprint density at radius 3 is 2.60 bits per heavy atom. The molecule has 0 heterocycles. The zero-order valence-corrected chi connectivity index (χ0v) is 12.6. The number of anilines is 1. The SMILES string of the molecule is NC1(CC(=O)Nc2cc(Br)ccc2C(=O)O)CCCC1. The first-order valence-corrected chi connectivity index (χ1v) is 7.30. The molecule has 0 unspecified atom stereocenters. The van der Waals surface area contributed by atoms with Crippen molar-refractivity contribution in [2.24, 2.45) is 5.73 Å². The van der Waals surface area contributed by atoms with Crippen molar-refractivity contribution in [3.8, 4) is 0 Å². The second-order valence-electron chi connectivity index (χ2n) is 5.29. The van der Waals surface area contributed by atoms with Gasteiger partial charge in [-0.1, -0.05) is 28.8 Å². The van der Waals surface area contributed by atoms with Crippen LogP contribution in [-0.4, -0.2) is 22.5 Å². The van der Waals surface area contributed by atoms with E-state index in [9.17, 15) is 9.59 Å². The van der Waals surface area contributed by atoms with E-state index < -0.39 is 11.5 Å². The first-order valence-electron chi connectivity index (χ1n) is 6.51. The summed E-state index contributed by atoms with van der Waals surface area (Å²) in [5, 5.41) is 11.8. The van der Waals surface area contributed by atoms with Crippen LogP contribution in [0.15, 0.2) is 22.7 Å². The lowest BCUT2D eigenvalue weighted by molar-refractivity contribution is -0.117. The summed E-state index contributed by atoms with van der Waals surface area (Å²) < 4.78 is 0.709. The van der Waals surface area contributed by atoms with Gasteiger partial charge in [0, 0.05) is 16.4 Å². The molecule has 0 aliphatic heterocycles. The van der Waals surface area contributed by atoms with Crippen molar-refractivity contribution in [1.82, 2.24) is 0 Å². The van der Waals surface area contributed by atoms with Gasteiger partial charge in [0.05, 0.1) is 11.3 Å². The number of halogens is 1. The molecule has 0 radical (unpaired) electrons. The van der Waals surface area contributed by atoms with Gasteiger partial charge in [-0.25, -0.2) is 4.79 Å². The Hall–Kier alpha value is -1.40. The first-order chi connectivity index (χ1) is 9.39. The summed E-state index contributed by atoms with van der Waals surface area (Å²) in [7, 11) is 0. The number of nitrogens with two attached hydrogens (primary N) is 1. The molecule has 108 valence electrons. The number of aromatic carboxylic acids is 1. The van der Waals surface area contributed by atoms with Gasteiger partial charge >= 0.3 is 5.97 Å². The number of hydrogen-bond acceptors (Lipinski definition) is 3. The average Bonchev–Trinajstić information content (AvgIpc) is 2.74. The minimum absolute atomic E-state index is 0.0686. The van der Waals surface area contributed by atoms with E-state index in [0.29, 0.717) is 10.2 Å². The van der Waals surface area contributed by atoms with Gasteiger partial charge in [-0.3, -0.25) is 4.79 Å². The maximum absolute atomic E-state index is 12.1. The van der Waals surface area contributed by atoms with Crippen molar-refractivity contribution < 1.29 is 14.7 Å². The van der Waals surface area contributed by atoms with E-state index in [1.165, 1.54) is 6.07 Å². The van der Waals surface area contributed by atoms with E-state index >= 15 is 0 Å². The maximum Gasteiger partial charge on any atom is 0.337 e. The fourth-order valence-electron chi connectivity index (χ4n) is 2.58. The molecule has 2 rings (SSSR count). The van der Waals surface area contributed by atoms with Gasteiger partial charge in [-0.05, 0) is 31.0 Å². The molecular formula is C14H17BrN2O3. The van der Waals surface area contributed by atoms with Gasteiger partial charge in [0.25, 0.3) is 0 Å². The number of carbonyl (C=O) groups excluding carboxylic acids is 1. The van der Waals surface area contributed by atoms with E-state index in [1.54, 1.807) is 12.1 Å². The third kappa shape index (κ3) is 3.58. The molecule has 0 aromatic heterocycles. The Morgan fingerprint density at radius 1 is 1.35 bits per heavy atom. The van der Waals surface area contributed by atoms with Crippen molar-refractivity contribution in [1.29, 1.82) is 0 Å². The summed E-state index contributed by atoms with van der Waals surface area (Å²) in [6.45, 7) is 0. The fourth-order valence-corrected chi connectivity index (χ4v) is 2.94. The van der Waals surface area contributed by atoms with E-state index in [0.717, 1.165) is 25.7 Å². The Balaban J connectivity index is 2.11. The molecule has 1 saturated carbocycles. The van der Waals surface area contributed by atoms with E-state index in [4.69, 9.17) is 10.8 Å². The highest BCUT2D eigenvalue weighted by molar-refractivity contribution is 9.10. The van der Waals surface area contributed by atoms with Crippen molar-refractivity contribution >= 4 is 33.5 Å². The topological polar surface area (TPSA) is 92.4 Å². The van der Waals surface area contributed by atoms with Crippen LogP contribution in [0.3, 0.4) is 0 Å². The lowest BCUT2D eigenvalue weighted by Crippen LogP contribution is -2.40. The summed E-state index contributed by atoms with van der Waals surface area (Å²) in [4.78, 5) is 23.2. The molecule has 1 aromatic rings. The molecule has 1 aliphatic rings. The van der Waals surface area contributed by atoms with Crippen molar-refractivity contribution in [2.75, 3.05) is 5.32 Å². The van der Waals surface area contributed by atoms with Gasteiger partial charge < -0.3 is 16.2 Å². The lowest BCUT2D eigenvalue weighted by Gasteiger charge is -2.22. The predicted molar refractivity (Wildman–Crippen MR) is 79.7 cm³/mol. The molecule has 1 fully saturated rings. The molecule has 4 N–H and O–H groups in total. The Labute approximate surface area is 125 Å². The quantitative estimate of drug-likeness (QED) is 0.785. The number of nitrogens with one attached hydrogen (secondary N) is 1. The highest BCUT2D eigenvalue weighted by atomic mass is 79.9. The van der Waals surface area contributed by atoms with Crippen LogP contribution in [0.4, 0.5) is 5.69 Å². The summed E-state index contributed by atoms with van der Waals surface area (Å²) in [5.74, 6) is -1.31. The number of benzene rings is 1. The van der Waals surface area contributed by atoms with Crippen LogP contribution in [0, 0.1) is 0 Å². The van der Waals surface area contributed by atoms with Crippen LogP contribution in [0.2, 0.25) is 0 Å². The highest BCUT2D eigenvalue weighted by Gasteiger charge is 2.31. The number of carboxylic acid groups (broad SMARTS) is 1. The second-order valence-corrected chi connectivity index (χ2v) is 6.21. The third-order valence-electron chi connectivity index (χ3n) is 3.60. The summed E-state index contributed by atoms with van der Waals surface area (Å²) in [6.07, 6.45) is 3.98. The minimum atomic E-state index is -1.07. The van der Waals surface area contributed by atoms with Gasteiger partial charge in [0.2, 0.25) is 5.91 Å². The van der Waals surface area contributed by atoms with Gasteiger partial charge in [-0.2, -0.15) is 0 Å². The van der Waals surface area contributed by atoms with Crippen LogP contribution in [0.1, 0.15) is 42.5 Å². The molecule has 5 nitrogen and oxygen atoms in total. The van der Waals surface area contributed by atoms with Crippen molar-refractivity contribution in [2.45, 2.75) is 37.6 Å². The molecule has 1 amide bonds. The smallest absolute Gasteiger partial charge is 0.337 e. The predicted octanol–water partition coefficient (Wildman–Crippen LogP) is 2.75. The van der Waals surface area contributed by atoms with E-state index in [2.05, 4.69) is 21.2 Å². The average molecular weight is 341 g/mol. The molecule has 0 spiro atoms. The number of rotatable bonds is 4. The first kappa shape index (κ1) is 15.0. The highest BCUT2D eigenvalue weighted by Crippen LogP contribution is 2.30. The molecule has 6 heteroatoms. The van der Waals surface area contributed by atoms with Gasteiger partial charge in [0.15, 0.2) is 0 Å². The normalized spacial score (nSPS) is 16.9. The maximum atomic E-state index is 12.1. The standard InChI is InChI=1S/C14H17BrN2O3/c15-9-3-4-10(13(19)20)11(7-9)17-12(18)8-14(16)5-1-2-6-14/h3-4,7H,1-2,5-6,8,16H2,(H,17,18)(H,19,20). The van der Waals surface area contributed by atoms with Gasteiger partial charge in [-0.15, -0.1) is 0 Å². The molecule has 1 aromatic carbocycles. The van der Waals surface area contributed by atoms with E-state index in [1.807, 2.05) is 0 Å². The Kier molecular flexibility index (Phi) is 4.45. The Bertz CT molecular complexity index is 539. The van der Waals surface area contributed by atoms with Crippen LogP contribution in [0.5, 0.6) is 0 Å². The fraction of sp³-hybridized carbons (Fsp3) is 0.429. The van der Waals surface area contributed by atoms with Crippen LogP contribution in [-0.2, 0) is 4.79 Å². The zero-order chi connectivity index (χ0) is 14.8. The number of hydrogen-bond donors (Lipinski definition) is 3. The van der Waals surface area contributed by atoms with Crippen molar-refractivity contribution in [3.05, 3.63) is 28.2 Å². The third-order valence-corrected chi connectivity index (χ3v) is 4.09. The van der Waals surface area contributed by atoms with Gasteiger partial charge in [0.1, 0.15) is 0 Å². The zero-order valence-electron chi connectivity index (χ0n) is 11.0. The number of carbonyl (C=O) groups is 2. The van der Waals surface area contributed by atoms with E-state index in [-0.39, 0.29) is 17.9 Å². The molecular weight excluding hydrogens is 324 g/mol. The molecule has 20 heavy (non-hydrogen) atoms. The molecule has 1 aliphatic carbocycles. The largest absolute Gasteiger partial charge is 0.478 e. The number of carboxylic acids is 1. The summed E-state index contributed by atoms with van der Waals surface area (Å²) >= 11 is 3.27. The van der Waals surface area contributed by atoms with Crippen molar-refractivity contribution in [3.63, 3.8) is 0 Å². The summed E-state index contributed by atoms with van der Waals surface area (Å²) in [6, 6.07) is 4.66. The van der Waals surface area contributed by atoms with Crippen LogP contribution in [0.25, 0.3) is 0 Å². The minimum Gasteiger partial charge on any atom is -0.478 e.